The van der Waals surface area contributed by atoms with Gasteiger partial charge in [0.15, 0.2) is 0 Å². The van der Waals surface area contributed by atoms with Crippen LogP contribution in [-0.2, 0) is 9.53 Å². The average Bonchev–Trinajstić information content (AvgIpc) is 1.97. The summed E-state index contributed by atoms with van der Waals surface area (Å²) >= 11 is 0. The number of carboxylic acids is 1. The summed E-state index contributed by atoms with van der Waals surface area (Å²) in [6, 6.07) is -0.716. The van der Waals surface area contributed by atoms with E-state index in [-0.39, 0.29) is 0 Å². The molecule has 66 valence electrons. The van der Waals surface area contributed by atoms with Gasteiger partial charge < -0.3 is 15.6 Å². The molecule has 3 N–H and O–H groups in total. The quantitative estimate of drug-likeness (QED) is 0.546. The normalized spacial score (nSPS) is 12.9. The molecule has 0 rings (SSSR count). The lowest BCUT2D eigenvalue weighted by atomic mass is 10.1. The van der Waals surface area contributed by atoms with E-state index in [9.17, 15) is 4.79 Å². The Bertz CT molecular complexity index is 116. The maximum Gasteiger partial charge on any atom is 0.320 e. The smallest absolute Gasteiger partial charge is 0.320 e. The lowest BCUT2D eigenvalue weighted by Crippen LogP contribution is -2.29. The van der Waals surface area contributed by atoms with Crippen LogP contribution in [0.2, 0.25) is 0 Å². The lowest BCUT2D eigenvalue weighted by molar-refractivity contribution is -0.138. The summed E-state index contributed by atoms with van der Waals surface area (Å²) in [4.78, 5) is 10.2. The Morgan fingerprint density at radius 3 is 2.73 bits per heavy atom. The summed E-state index contributed by atoms with van der Waals surface area (Å²) in [7, 11) is 1.62. The van der Waals surface area contributed by atoms with Crippen LogP contribution in [0.25, 0.3) is 0 Å². The second kappa shape index (κ2) is 6.12. The van der Waals surface area contributed by atoms with Gasteiger partial charge >= 0.3 is 5.97 Å². The Kier molecular flexibility index (Phi) is 5.78. The summed E-state index contributed by atoms with van der Waals surface area (Å²) in [6.07, 6.45) is 2.21. The van der Waals surface area contributed by atoms with Gasteiger partial charge in [0, 0.05) is 13.7 Å². The number of carbonyl (C=O) groups is 1. The highest BCUT2D eigenvalue weighted by Crippen LogP contribution is 1.98. The van der Waals surface area contributed by atoms with Crippen LogP contribution in [0.3, 0.4) is 0 Å². The van der Waals surface area contributed by atoms with E-state index >= 15 is 0 Å². The molecule has 0 fully saturated rings. The summed E-state index contributed by atoms with van der Waals surface area (Å²) in [6.45, 7) is 0.673. The first-order valence-corrected chi connectivity index (χ1v) is 3.65. The van der Waals surface area contributed by atoms with E-state index in [2.05, 4.69) is 0 Å². The van der Waals surface area contributed by atoms with Gasteiger partial charge in [0.1, 0.15) is 6.04 Å². The number of aliphatic carboxylic acids is 1. The minimum atomic E-state index is -0.928. The van der Waals surface area contributed by atoms with Crippen LogP contribution in [0.15, 0.2) is 0 Å². The van der Waals surface area contributed by atoms with Gasteiger partial charge in [-0.3, -0.25) is 4.79 Å². The van der Waals surface area contributed by atoms with Crippen LogP contribution < -0.4 is 5.73 Å². The minimum absolute atomic E-state index is 0.526. The van der Waals surface area contributed by atoms with Gasteiger partial charge in [0.25, 0.3) is 0 Å². The van der Waals surface area contributed by atoms with Crippen molar-refractivity contribution >= 4 is 5.97 Å². The molecule has 11 heavy (non-hydrogen) atoms. The first-order valence-electron chi connectivity index (χ1n) is 3.65. The highest BCUT2D eigenvalue weighted by molar-refractivity contribution is 5.72. The molecule has 0 saturated heterocycles. The summed E-state index contributed by atoms with van der Waals surface area (Å²) in [5.74, 6) is -0.928. The molecule has 0 radical (unpaired) electrons. The van der Waals surface area contributed by atoms with Gasteiger partial charge in [-0.05, 0) is 19.3 Å². The number of hydrogen-bond donors (Lipinski definition) is 2. The zero-order valence-corrected chi connectivity index (χ0v) is 6.75. The molecule has 0 amide bonds. The molecule has 0 spiro atoms. The second-order valence-corrected chi connectivity index (χ2v) is 2.43. The van der Waals surface area contributed by atoms with Gasteiger partial charge in [-0.25, -0.2) is 0 Å². The van der Waals surface area contributed by atoms with Crippen molar-refractivity contribution in [1.29, 1.82) is 0 Å². The number of rotatable bonds is 6. The van der Waals surface area contributed by atoms with Crippen LogP contribution in [-0.4, -0.2) is 30.8 Å². The van der Waals surface area contributed by atoms with E-state index in [0.717, 1.165) is 12.8 Å². The number of ether oxygens (including phenoxy) is 1. The molecule has 0 aromatic rings. The van der Waals surface area contributed by atoms with Crippen molar-refractivity contribution < 1.29 is 14.6 Å². The number of methoxy groups -OCH3 is 1. The largest absolute Gasteiger partial charge is 0.480 e. The number of unbranched alkanes of at least 4 members (excludes halogenated alkanes) is 1. The maximum absolute atomic E-state index is 10.2. The van der Waals surface area contributed by atoms with Crippen LogP contribution in [0, 0.1) is 0 Å². The first-order chi connectivity index (χ1) is 5.18. The van der Waals surface area contributed by atoms with Crippen molar-refractivity contribution in [2.24, 2.45) is 5.73 Å². The molecule has 0 aromatic carbocycles. The fourth-order valence-electron chi connectivity index (χ4n) is 0.734. The van der Waals surface area contributed by atoms with Crippen molar-refractivity contribution in [1.82, 2.24) is 0 Å². The van der Waals surface area contributed by atoms with Crippen molar-refractivity contribution in [3.05, 3.63) is 0 Å². The number of carboxylic acid groups (broad SMARTS) is 1. The molecule has 4 nitrogen and oxygen atoms in total. The SMILES string of the molecule is COCCCC[C@@H](N)C(=O)O. The van der Waals surface area contributed by atoms with Gasteiger partial charge in [-0.15, -0.1) is 0 Å². The van der Waals surface area contributed by atoms with E-state index in [1.54, 1.807) is 7.11 Å². The molecule has 0 unspecified atom stereocenters. The van der Waals surface area contributed by atoms with Crippen molar-refractivity contribution in [3.63, 3.8) is 0 Å². The van der Waals surface area contributed by atoms with E-state index in [4.69, 9.17) is 15.6 Å². The molecule has 4 heteroatoms. The van der Waals surface area contributed by atoms with Gasteiger partial charge in [-0.2, -0.15) is 0 Å². The highest BCUT2D eigenvalue weighted by Gasteiger charge is 2.09. The second-order valence-electron chi connectivity index (χ2n) is 2.43. The molecule has 0 aliphatic heterocycles. The minimum Gasteiger partial charge on any atom is -0.480 e. The van der Waals surface area contributed by atoms with Crippen LogP contribution in [0.5, 0.6) is 0 Å². The van der Waals surface area contributed by atoms with Crippen molar-refractivity contribution in [2.75, 3.05) is 13.7 Å². The van der Waals surface area contributed by atoms with Crippen LogP contribution in [0.4, 0.5) is 0 Å². The number of nitrogens with two attached hydrogens (primary N) is 1. The van der Waals surface area contributed by atoms with Crippen molar-refractivity contribution in [2.45, 2.75) is 25.3 Å². The third kappa shape index (κ3) is 5.82. The first kappa shape index (κ1) is 10.4. The third-order valence-corrected chi connectivity index (χ3v) is 1.43. The number of hydrogen-bond acceptors (Lipinski definition) is 3. The standard InChI is InChI=1S/C7H15NO3/c1-11-5-3-2-4-6(8)7(9)10/h6H,2-5,8H2,1H3,(H,9,10)/t6-/m1/s1. The molecule has 0 bridgehead atoms. The Labute approximate surface area is 66.3 Å². The van der Waals surface area contributed by atoms with E-state index in [0.29, 0.717) is 13.0 Å². The molecule has 1 atom stereocenters. The highest BCUT2D eigenvalue weighted by atomic mass is 16.5. The Balaban J connectivity index is 3.17. The average molecular weight is 161 g/mol. The van der Waals surface area contributed by atoms with Gasteiger partial charge in [0.2, 0.25) is 0 Å². The van der Waals surface area contributed by atoms with Crippen molar-refractivity contribution in [3.8, 4) is 0 Å². The Hall–Kier alpha value is -0.610. The van der Waals surface area contributed by atoms with E-state index in [1.165, 1.54) is 0 Å². The summed E-state index contributed by atoms with van der Waals surface area (Å²) in [5.41, 5.74) is 5.26. The molecule has 0 saturated carbocycles. The predicted octanol–water partition coefficient (Wildman–Crippen LogP) is 0.215. The fourth-order valence-corrected chi connectivity index (χ4v) is 0.734. The third-order valence-electron chi connectivity index (χ3n) is 1.43. The molecular formula is C7H15NO3. The Morgan fingerprint density at radius 2 is 2.27 bits per heavy atom. The maximum atomic E-state index is 10.2. The van der Waals surface area contributed by atoms with Crippen LogP contribution >= 0.6 is 0 Å². The zero-order valence-electron chi connectivity index (χ0n) is 6.75. The summed E-state index contributed by atoms with van der Waals surface area (Å²) in [5, 5.41) is 8.38. The summed E-state index contributed by atoms with van der Waals surface area (Å²) < 4.78 is 4.80. The van der Waals surface area contributed by atoms with E-state index < -0.39 is 12.0 Å². The molecule has 0 aromatic heterocycles. The molecule has 0 aliphatic carbocycles. The van der Waals surface area contributed by atoms with E-state index in [1.807, 2.05) is 0 Å². The monoisotopic (exact) mass is 161 g/mol. The molecule has 0 heterocycles. The van der Waals surface area contributed by atoms with Gasteiger partial charge in [0.05, 0.1) is 0 Å². The topological polar surface area (TPSA) is 72.5 Å². The lowest BCUT2D eigenvalue weighted by Gasteiger charge is -2.04. The van der Waals surface area contributed by atoms with Crippen LogP contribution in [0.1, 0.15) is 19.3 Å². The predicted molar refractivity (Wildman–Crippen MR) is 41.3 cm³/mol. The molecular weight excluding hydrogens is 146 g/mol. The Morgan fingerprint density at radius 1 is 1.64 bits per heavy atom. The fraction of sp³-hybridized carbons (Fsp3) is 0.857. The zero-order chi connectivity index (χ0) is 8.69. The molecule has 0 aliphatic rings. The van der Waals surface area contributed by atoms with Gasteiger partial charge in [-0.1, -0.05) is 0 Å².